The van der Waals surface area contributed by atoms with Crippen LogP contribution < -0.4 is 11.1 Å². The summed E-state index contributed by atoms with van der Waals surface area (Å²) in [5.41, 5.74) is 7.85. The second-order valence-electron chi connectivity index (χ2n) is 5.73. The molecule has 4 rings (SSSR count). The Morgan fingerprint density at radius 1 is 1.35 bits per heavy atom. The first kappa shape index (κ1) is 16.8. The minimum Gasteiger partial charge on any atom is -0.480 e. The van der Waals surface area contributed by atoms with E-state index in [-0.39, 0.29) is 0 Å². The standard InChI is InChI=1S/C17H15N5O2S2/c1-19-16-20-8-6-10(21-16)11-5-7-17(26-11,14(23)24)9-3-2-4-12-13(9)22-15(18)25-12/h2-6,8H,7H2,1H3,(H2,18,22)(H,23,24)(H,19,20,21). The zero-order valence-corrected chi connectivity index (χ0v) is 15.4. The number of allylic oxidation sites excluding steroid dienone is 1. The summed E-state index contributed by atoms with van der Waals surface area (Å²) in [5, 5.41) is 13.4. The van der Waals surface area contributed by atoms with Crippen LogP contribution in [0, 0.1) is 0 Å². The number of thiazole rings is 1. The highest BCUT2D eigenvalue weighted by Gasteiger charge is 2.46. The van der Waals surface area contributed by atoms with E-state index in [1.165, 1.54) is 23.1 Å². The molecule has 0 saturated carbocycles. The summed E-state index contributed by atoms with van der Waals surface area (Å²) in [6.45, 7) is 0. The van der Waals surface area contributed by atoms with Gasteiger partial charge in [-0.1, -0.05) is 29.5 Å². The SMILES string of the molecule is CNc1nccc(C2=CCC(C(=O)O)(c3cccc4sc(N)nc34)S2)n1. The van der Waals surface area contributed by atoms with E-state index in [0.717, 1.165) is 9.61 Å². The maximum absolute atomic E-state index is 12.3. The number of rotatable bonds is 4. The number of nitrogens with two attached hydrogens (primary N) is 1. The number of nitrogens with one attached hydrogen (secondary N) is 1. The van der Waals surface area contributed by atoms with Crippen LogP contribution >= 0.6 is 23.1 Å². The van der Waals surface area contributed by atoms with E-state index >= 15 is 0 Å². The number of aliphatic carboxylic acids is 1. The monoisotopic (exact) mass is 385 g/mol. The summed E-state index contributed by atoms with van der Waals surface area (Å²) in [4.78, 5) is 26.0. The van der Waals surface area contributed by atoms with Crippen molar-refractivity contribution < 1.29 is 9.90 Å². The number of carbonyl (C=O) groups is 1. The van der Waals surface area contributed by atoms with Gasteiger partial charge < -0.3 is 16.2 Å². The van der Waals surface area contributed by atoms with Gasteiger partial charge in [-0.25, -0.2) is 15.0 Å². The van der Waals surface area contributed by atoms with Gasteiger partial charge in [0.05, 0.1) is 15.9 Å². The molecule has 1 aliphatic rings. The molecule has 7 nitrogen and oxygen atoms in total. The first-order valence-corrected chi connectivity index (χ1v) is 9.46. The van der Waals surface area contributed by atoms with Crippen LogP contribution in [0.4, 0.5) is 11.1 Å². The smallest absolute Gasteiger partial charge is 0.325 e. The summed E-state index contributed by atoms with van der Waals surface area (Å²) in [7, 11) is 1.74. The van der Waals surface area contributed by atoms with E-state index in [1.807, 2.05) is 24.3 Å². The molecule has 26 heavy (non-hydrogen) atoms. The van der Waals surface area contributed by atoms with Gasteiger partial charge in [-0.2, -0.15) is 0 Å². The third-order valence-electron chi connectivity index (χ3n) is 4.21. The van der Waals surface area contributed by atoms with Crippen LogP contribution in [0.1, 0.15) is 17.7 Å². The fourth-order valence-electron chi connectivity index (χ4n) is 2.98. The normalized spacial score (nSPS) is 19.5. The molecule has 1 aliphatic heterocycles. The van der Waals surface area contributed by atoms with Gasteiger partial charge in [-0.15, -0.1) is 11.8 Å². The van der Waals surface area contributed by atoms with Crippen molar-refractivity contribution in [1.29, 1.82) is 0 Å². The quantitative estimate of drug-likeness (QED) is 0.627. The van der Waals surface area contributed by atoms with Crippen LogP contribution in [0.5, 0.6) is 0 Å². The number of anilines is 2. The van der Waals surface area contributed by atoms with E-state index < -0.39 is 10.7 Å². The number of para-hydroxylation sites is 1. The molecule has 9 heteroatoms. The number of nitrogen functional groups attached to an aromatic ring is 1. The van der Waals surface area contributed by atoms with E-state index in [2.05, 4.69) is 20.3 Å². The Kier molecular flexibility index (Phi) is 4.04. The van der Waals surface area contributed by atoms with E-state index in [4.69, 9.17) is 5.73 Å². The molecule has 132 valence electrons. The zero-order chi connectivity index (χ0) is 18.3. The van der Waals surface area contributed by atoms with Crippen LogP contribution in [0.3, 0.4) is 0 Å². The zero-order valence-electron chi connectivity index (χ0n) is 13.8. The lowest BCUT2D eigenvalue weighted by molar-refractivity contribution is -0.140. The number of hydrogen-bond donors (Lipinski definition) is 3. The van der Waals surface area contributed by atoms with Gasteiger partial charge in [0.1, 0.15) is 4.75 Å². The molecule has 1 aromatic carbocycles. The first-order chi connectivity index (χ1) is 12.5. The highest BCUT2D eigenvalue weighted by Crippen LogP contribution is 2.54. The van der Waals surface area contributed by atoms with E-state index in [1.54, 1.807) is 19.3 Å². The van der Waals surface area contributed by atoms with Gasteiger partial charge in [0.15, 0.2) is 5.13 Å². The Bertz CT molecular complexity index is 1050. The van der Waals surface area contributed by atoms with Crippen molar-refractivity contribution in [1.82, 2.24) is 15.0 Å². The predicted octanol–water partition coefficient (Wildman–Crippen LogP) is 3.17. The topological polar surface area (TPSA) is 114 Å². The molecule has 0 radical (unpaired) electrons. The number of aromatic nitrogens is 3. The highest BCUT2D eigenvalue weighted by molar-refractivity contribution is 8.10. The maximum Gasteiger partial charge on any atom is 0.325 e. The second kappa shape index (κ2) is 6.26. The van der Waals surface area contributed by atoms with Crippen LogP contribution in [0.15, 0.2) is 36.5 Å². The van der Waals surface area contributed by atoms with Crippen molar-refractivity contribution in [2.75, 3.05) is 18.1 Å². The average molecular weight is 385 g/mol. The van der Waals surface area contributed by atoms with Crippen molar-refractivity contribution in [2.45, 2.75) is 11.2 Å². The summed E-state index contributed by atoms with van der Waals surface area (Å²) < 4.78 is -0.269. The van der Waals surface area contributed by atoms with Gasteiger partial charge in [0.2, 0.25) is 5.95 Å². The van der Waals surface area contributed by atoms with Crippen molar-refractivity contribution in [3.63, 3.8) is 0 Å². The van der Waals surface area contributed by atoms with Gasteiger partial charge in [-0.05, 0) is 18.6 Å². The number of fused-ring (bicyclic) bond motifs is 1. The minimum atomic E-state index is -1.15. The molecule has 0 spiro atoms. The molecule has 0 amide bonds. The molecule has 3 heterocycles. The van der Waals surface area contributed by atoms with Crippen LogP contribution in [-0.4, -0.2) is 33.1 Å². The Labute approximate surface area is 157 Å². The van der Waals surface area contributed by atoms with Crippen LogP contribution in [0.2, 0.25) is 0 Å². The molecular formula is C17H15N5O2S2. The van der Waals surface area contributed by atoms with Gasteiger partial charge >= 0.3 is 5.97 Å². The second-order valence-corrected chi connectivity index (χ2v) is 8.13. The van der Waals surface area contributed by atoms with Crippen molar-refractivity contribution in [2.24, 2.45) is 0 Å². The molecule has 0 bridgehead atoms. The number of benzene rings is 1. The molecule has 0 fully saturated rings. The number of hydrogen-bond acceptors (Lipinski definition) is 8. The lowest BCUT2D eigenvalue weighted by Crippen LogP contribution is -2.30. The number of nitrogens with zero attached hydrogens (tertiary/aromatic N) is 3. The summed E-state index contributed by atoms with van der Waals surface area (Å²) in [5.74, 6) is -0.415. The van der Waals surface area contributed by atoms with E-state index in [9.17, 15) is 9.90 Å². The molecular weight excluding hydrogens is 370 g/mol. The van der Waals surface area contributed by atoms with Crippen LogP contribution in [-0.2, 0) is 9.54 Å². The lowest BCUT2D eigenvalue weighted by atomic mass is 9.93. The number of carboxylic acids is 1. The largest absolute Gasteiger partial charge is 0.480 e. The molecule has 0 saturated heterocycles. The van der Waals surface area contributed by atoms with E-state index in [0.29, 0.717) is 34.3 Å². The average Bonchev–Trinajstić information content (AvgIpc) is 3.25. The third-order valence-corrected chi connectivity index (χ3v) is 6.56. The van der Waals surface area contributed by atoms with Crippen molar-refractivity contribution in [3.8, 4) is 0 Å². The van der Waals surface area contributed by atoms with Gasteiger partial charge in [0.25, 0.3) is 0 Å². The summed E-state index contributed by atoms with van der Waals surface area (Å²) in [6.07, 6.45) is 3.91. The van der Waals surface area contributed by atoms with Crippen molar-refractivity contribution in [3.05, 3.63) is 47.8 Å². The highest BCUT2D eigenvalue weighted by atomic mass is 32.2. The molecule has 1 atom stereocenters. The van der Waals surface area contributed by atoms with Crippen molar-refractivity contribution >= 4 is 55.3 Å². The lowest BCUT2D eigenvalue weighted by Gasteiger charge is -2.24. The summed E-state index contributed by atoms with van der Waals surface area (Å²) in [6, 6.07) is 7.35. The Balaban J connectivity index is 1.79. The maximum atomic E-state index is 12.3. The fourth-order valence-corrected chi connectivity index (χ4v) is 5.03. The molecule has 4 N–H and O–H groups in total. The number of thioether (sulfide) groups is 1. The Morgan fingerprint density at radius 2 is 2.19 bits per heavy atom. The Morgan fingerprint density at radius 3 is 2.96 bits per heavy atom. The van der Waals surface area contributed by atoms with Gasteiger partial charge in [0, 0.05) is 23.7 Å². The molecule has 0 aliphatic carbocycles. The molecule has 1 unspecified atom stereocenters. The fraction of sp³-hybridized carbons (Fsp3) is 0.176. The third kappa shape index (κ3) is 2.60. The Hall–Kier alpha value is -2.65. The molecule has 3 aromatic rings. The molecule has 2 aromatic heterocycles. The number of carboxylic acid groups (broad SMARTS) is 1. The predicted molar refractivity (Wildman–Crippen MR) is 105 cm³/mol. The first-order valence-electron chi connectivity index (χ1n) is 7.83. The summed E-state index contributed by atoms with van der Waals surface area (Å²) >= 11 is 2.64. The minimum absolute atomic E-state index is 0.345. The van der Waals surface area contributed by atoms with Crippen LogP contribution in [0.25, 0.3) is 15.1 Å². The van der Waals surface area contributed by atoms with Gasteiger partial charge in [-0.3, -0.25) is 4.79 Å².